The molecule has 0 saturated heterocycles. The molecule has 0 radical (unpaired) electrons. The summed E-state index contributed by atoms with van der Waals surface area (Å²) in [6, 6.07) is 7.77. The van der Waals surface area contributed by atoms with Crippen molar-refractivity contribution in [3.63, 3.8) is 0 Å². The van der Waals surface area contributed by atoms with Gasteiger partial charge in [-0.15, -0.1) is 0 Å². The Morgan fingerprint density at radius 3 is 1.45 bits per heavy atom. The summed E-state index contributed by atoms with van der Waals surface area (Å²) in [7, 11) is 3.47. The van der Waals surface area contributed by atoms with Gasteiger partial charge in [0.25, 0.3) is 0 Å². The lowest BCUT2D eigenvalue weighted by molar-refractivity contribution is -0.121. The van der Waals surface area contributed by atoms with Crippen LogP contribution in [0.5, 0.6) is 0 Å². The number of carbonyl (C=O) groups is 2. The van der Waals surface area contributed by atoms with E-state index in [-0.39, 0.29) is 11.8 Å². The van der Waals surface area contributed by atoms with E-state index in [0.29, 0.717) is 26.2 Å². The molecular formula is C14H22N4O2. The highest BCUT2D eigenvalue weighted by Crippen LogP contribution is 2.04. The van der Waals surface area contributed by atoms with Crippen LogP contribution < -0.4 is 21.3 Å². The van der Waals surface area contributed by atoms with E-state index in [4.69, 9.17) is 0 Å². The molecule has 0 unspecified atom stereocenters. The molecule has 6 nitrogen and oxygen atoms in total. The van der Waals surface area contributed by atoms with Crippen LogP contribution in [0, 0.1) is 0 Å². The normalized spacial score (nSPS) is 10.1. The Hall–Kier alpha value is -1.92. The van der Waals surface area contributed by atoms with E-state index in [0.717, 1.165) is 11.1 Å². The monoisotopic (exact) mass is 278 g/mol. The molecule has 6 heteroatoms. The van der Waals surface area contributed by atoms with Crippen LogP contribution >= 0.6 is 0 Å². The highest BCUT2D eigenvalue weighted by molar-refractivity contribution is 5.78. The number of likely N-dealkylation sites (N-methyl/N-ethyl adjacent to an activating group) is 2. The number of carbonyl (C=O) groups excluding carboxylic acids is 2. The zero-order chi connectivity index (χ0) is 14.8. The van der Waals surface area contributed by atoms with Crippen molar-refractivity contribution in [2.24, 2.45) is 0 Å². The molecule has 0 bridgehead atoms. The van der Waals surface area contributed by atoms with Gasteiger partial charge in [0.2, 0.25) is 11.8 Å². The highest BCUT2D eigenvalue weighted by atomic mass is 16.2. The Morgan fingerprint density at radius 1 is 0.800 bits per heavy atom. The molecule has 1 aromatic rings. The summed E-state index contributed by atoms with van der Waals surface area (Å²) in [5, 5.41) is 11.2. The van der Waals surface area contributed by atoms with Gasteiger partial charge in [0.05, 0.1) is 13.1 Å². The van der Waals surface area contributed by atoms with Gasteiger partial charge in [-0.25, -0.2) is 0 Å². The van der Waals surface area contributed by atoms with Crippen molar-refractivity contribution in [3.05, 3.63) is 35.4 Å². The molecule has 0 aromatic heterocycles. The Bertz CT molecular complexity index is 390. The van der Waals surface area contributed by atoms with Gasteiger partial charge in [-0.3, -0.25) is 9.59 Å². The van der Waals surface area contributed by atoms with Crippen LogP contribution in [0.3, 0.4) is 0 Å². The second-order valence-electron chi connectivity index (χ2n) is 4.43. The molecule has 0 aliphatic heterocycles. The summed E-state index contributed by atoms with van der Waals surface area (Å²) >= 11 is 0. The van der Waals surface area contributed by atoms with E-state index >= 15 is 0 Å². The van der Waals surface area contributed by atoms with E-state index in [1.54, 1.807) is 14.1 Å². The highest BCUT2D eigenvalue weighted by Gasteiger charge is 2.01. The van der Waals surface area contributed by atoms with Crippen molar-refractivity contribution in [2.75, 3.05) is 27.2 Å². The van der Waals surface area contributed by atoms with E-state index in [1.807, 2.05) is 24.3 Å². The minimum absolute atomic E-state index is 0.0316. The van der Waals surface area contributed by atoms with Crippen LogP contribution in [0.1, 0.15) is 11.1 Å². The van der Waals surface area contributed by atoms with E-state index in [2.05, 4.69) is 21.3 Å². The number of nitrogens with one attached hydrogen (secondary N) is 4. The van der Waals surface area contributed by atoms with Crippen molar-refractivity contribution in [2.45, 2.75) is 13.1 Å². The average molecular weight is 278 g/mol. The van der Waals surface area contributed by atoms with Gasteiger partial charge in [0.15, 0.2) is 0 Å². The van der Waals surface area contributed by atoms with Crippen molar-refractivity contribution < 1.29 is 9.59 Å². The number of benzene rings is 1. The average Bonchev–Trinajstić information content (AvgIpc) is 2.45. The first kappa shape index (κ1) is 16.1. The second-order valence-corrected chi connectivity index (χ2v) is 4.43. The van der Waals surface area contributed by atoms with Crippen LogP contribution in [0.25, 0.3) is 0 Å². The summed E-state index contributed by atoms with van der Waals surface area (Å²) in [6.45, 7) is 1.64. The van der Waals surface area contributed by atoms with Crippen LogP contribution in [0.2, 0.25) is 0 Å². The third-order valence-electron chi connectivity index (χ3n) is 2.68. The molecular weight excluding hydrogens is 256 g/mol. The molecule has 4 N–H and O–H groups in total. The third kappa shape index (κ3) is 6.31. The SMILES string of the molecule is CNCC(=O)NCc1ccc(CNC(=O)CNC)cc1. The first-order valence-electron chi connectivity index (χ1n) is 6.56. The van der Waals surface area contributed by atoms with E-state index in [9.17, 15) is 9.59 Å². The van der Waals surface area contributed by atoms with Gasteiger partial charge in [0.1, 0.15) is 0 Å². The molecule has 0 saturated carbocycles. The summed E-state index contributed by atoms with van der Waals surface area (Å²) in [5.74, 6) is -0.0631. The standard InChI is InChI=1S/C14H22N4O2/c1-15-9-13(19)17-7-11-3-5-12(6-4-11)8-18-14(20)10-16-2/h3-6,15-16H,7-10H2,1-2H3,(H,17,19)(H,18,20). The fourth-order valence-electron chi connectivity index (χ4n) is 1.62. The fourth-order valence-corrected chi connectivity index (χ4v) is 1.62. The Kier molecular flexibility index (Phi) is 7.31. The molecule has 2 amide bonds. The summed E-state index contributed by atoms with van der Waals surface area (Å²) in [5.41, 5.74) is 2.06. The van der Waals surface area contributed by atoms with E-state index < -0.39 is 0 Å². The minimum Gasteiger partial charge on any atom is -0.351 e. The second kappa shape index (κ2) is 9.06. The topological polar surface area (TPSA) is 82.3 Å². The molecule has 1 rings (SSSR count). The van der Waals surface area contributed by atoms with Crippen LogP contribution in [0.4, 0.5) is 0 Å². The molecule has 0 atom stereocenters. The molecule has 0 aliphatic carbocycles. The van der Waals surface area contributed by atoms with Gasteiger partial charge in [0, 0.05) is 13.1 Å². The van der Waals surface area contributed by atoms with Gasteiger partial charge in [-0.2, -0.15) is 0 Å². The van der Waals surface area contributed by atoms with Crippen molar-refractivity contribution in [3.8, 4) is 0 Å². The lowest BCUT2D eigenvalue weighted by atomic mass is 10.1. The molecule has 0 fully saturated rings. The zero-order valence-electron chi connectivity index (χ0n) is 12.0. The quantitative estimate of drug-likeness (QED) is 0.510. The maximum absolute atomic E-state index is 11.3. The van der Waals surface area contributed by atoms with Gasteiger partial charge >= 0.3 is 0 Å². The smallest absolute Gasteiger partial charge is 0.234 e. The lowest BCUT2D eigenvalue weighted by Gasteiger charge is -2.07. The minimum atomic E-state index is -0.0316. The molecule has 0 aliphatic rings. The van der Waals surface area contributed by atoms with Crippen LogP contribution in [-0.2, 0) is 22.7 Å². The van der Waals surface area contributed by atoms with Crippen molar-refractivity contribution in [1.29, 1.82) is 0 Å². The number of amides is 2. The molecule has 20 heavy (non-hydrogen) atoms. The van der Waals surface area contributed by atoms with Gasteiger partial charge < -0.3 is 21.3 Å². The summed E-state index contributed by atoms with van der Waals surface area (Å²) in [4.78, 5) is 22.6. The molecule has 110 valence electrons. The van der Waals surface area contributed by atoms with Crippen LogP contribution in [-0.4, -0.2) is 39.0 Å². The summed E-state index contributed by atoms with van der Waals surface area (Å²) in [6.07, 6.45) is 0. The largest absolute Gasteiger partial charge is 0.351 e. The Balaban J connectivity index is 2.36. The Labute approximate surface area is 119 Å². The molecule has 0 heterocycles. The maximum atomic E-state index is 11.3. The number of hydrogen-bond acceptors (Lipinski definition) is 4. The van der Waals surface area contributed by atoms with E-state index in [1.165, 1.54) is 0 Å². The van der Waals surface area contributed by atoms with Crippen molar-refractivity contribution in [1.82, 2.24) is 21.3 Å². The Morgan fingerprint density at radius 2 is 1.15 bits per heavy atom. The summed E-state index contributed by atoms with van der Waals surface area (Å²) < 4.78 is 0. The third-order valence-corrected chi connectivity index (χ3v) is 2.68. The van der Waals surface area contributed by atoms with Gasteiger partial charge in [-0.1, -0.05) is 24.3 Å². The number of hydrogen-bond donors (Lipinski definition) is 4. The molecule has 0 spiro atoms. The lowest BCUT2D eigenvalue weighted by Crippen LogP contribution is -2.32. The molecule has 1 aromatic carbocycles. The van der Waals surface area contributed by atoms with Crippen molar-refractivity contribution >= 4 is 11.8 Å². The van der Waals surface area contributed by atoms with Crippen LogP contribution in [0.15, 0.2) is 24.3 Å². The fraction of sp³-hybridized carbons (Fsp3) is 0.429. The zero-order valence-corrected chi connectivity index (χ0v) is 12.0. The first-order chi connectivity index (χ1) is 9.65. The number of rotatable bonds is 8. The predicted octanol–water partition coefficient (Wildman–Crippen LogP) is -0.642. The predicted molar refractivity (Wildman–Crippen MR) is 78.0 cm³/mol. The van der Waals surface area contributed by atoms with Gasteiger partial charge in [-0.05, 0) is 25.2 Å². The maximum Gasteiger partial charge on any atom is 0.234 e. The first-order valence-corrected chi connectivity index (χ1v) is 6.56.